The number of halogens is 3. The molecule has 4 nitrogen and oxygen atoms in total. The Kier molecular flexibility index (Phi) is 6.33. The fourth-order valence-corrected chi connectivity index (χ4v) is 2.97. The van der Waals surface area contributed by atoms with Crippen molar-refractivity contribution in [2.24, 2.45) is 0 Å². The fraction of sp³-hybridized carbons (Fsp3) is 0.375. The van der Waals surface area contributed by atoms with E-state index in [2.05, 4.69) is 23.8 Å². The van der Waals surface area contributed by atoms with Gasteiger partial charge < -0.3 is 9.88 Å². The lowest BCUT2D eigenvalue weighted by Crippen LogP contribution is -2.33. The highest BCUT2D eigenvalue weighted by Crippen LogP contribution is 2.29. The molecule has 2 aromatic rings. The lowest BCUT2D eigenvalue weighted by atomic mass is 10.0. The molecule has 0 saturated heterocycles. The first-order valence-electron chi connectivity index (χ1n) is 7.38. The highest BCUT2D eigenvalue weighted by atomic mass is 35.5. The number of anilines is 1. The van der Waals surface area contributed by atoms with Crippen LogP contribution in [0.3, 0.4) is 0 Å². The van der Waals surface area contributed by atoms with Gasteiger partial charge in [0.15, 0.2) is 5.15 Å². The van der Waals surface area contributed by atoms with Crippen molar-refractivity contribution in [3.05, 3.63) is 45.5 Å². The third-order valence-corrected chi connectivity index (χ3v) is 4.50. The fourth-order valence-electron chi connectivity index (χ4n) is 2.52. The normalized spacial score (nSPS) is 10.8. The Labute approximate surface area is 150 Å². The summed E-state index contributed by atoms with van der Waals surface area (Å²) in [7, 11) is 0. The summed E-state index contributed by atoms with van der Waals surface area (Å²) in [6.07, 6.45) is 1.63. The SMILES string of the molecule is CCc1cccc(CC)c1N(Cc1nc(Cl)c(Cl)[nH]1)C(=O)CCl. The average Bonchev–Trinajstić information content (AvgIpc) is 2.89. The summed E-state index contributed by atoms with van der Waals surface area (Å²) >= 11 is 17.6. The van der Waals surface area contributed by atoms with E-state index in [0.717, 1.165) is 29.7 Å². The van der Waals surface area contributed by atoms with E-state index in [0.29, 0.717) is 5.82 Å². The first-order chi connectivity index (χ1) is 11.0. The first-order valence-corrected chi connectivity index (χ1v) is 8.67. The number of hydrogen-bond acceptors (Lipinski definition) is 2. The third-order valence-electron chi connectivity index (χ3n) is 3.63. The minimum Gasteiger partial charge on any atom is -0.330 e. The molecule has 23 heavy (non-hydrogen) atoms. The van der Waals surface area contributed by atoms with E-state index >= 15 is 0 Å². The molecule has 0 aliphatic rings. The van der Waals surface area contributed by atoms with Crippen molar-refractivity contribution in [2.75, 3.05) is 10.8 Å². The second-order valence-corrected chi connectivity index (χ2v) is 6.04. The Morgan fingerprint density at radius 3 is 2.26 bits per heavy atom. The van der Waals surface area contributed by atoms with Gasteiger partial charge in [0.05, 0.1) is 12.2 Å². The molecule has 1 N–H and O–H groups in total. The summed E-state index contributed by atoms with van der Waals surface area (Å²) < 4.78 is 0. The number of imidazole rings is 1. The van der Waals surface area contributed by atoms with E-state index in [1.807, 2.05) is 18.2 Å². The Hall–Kier alpha value is -1.23. The second kappa shape index (κ2) is 8.04. The van der Waals surface area contributed by atoms with Gasteiger partial charge in [0, 0.05) is 0 Å². The number of amides is 1. The topological polar surface area (TPSA) is 49.0 Å². The van der Waals surface area contributed by atoms with Crippen molar-refractivity contribution in [3.63, 3.8) is 0 Å². The number of nitrogens with zero attached hydrogens (tertiary/aromatic N) is 2. The van der Waals surface area contributed by atoms with E-state index < -0.39 is 0 Å². The molecule has 0 radical (unpaired) electrons. The number of para-hydroxylation sites is 1. The Bertz CT molecular complexity index is 658. The van der Waals surface area contributed by atoms with Crippen molar-refractivity contribution in [1.82, 2.24) is 9.97 Å². The van der Waals surface area contributed by atoms with Gasteiger partial charge in [-0.05, 0) is 24.0 Å². The smallest absolute Gasteiger partial charge is 0.242 e. The zero-order chi connectivity index (χ0) is 17.0. The van der Waals surface area contributed by atoms with Crippen LogP contribution in [0.4, 0.5) is 5.69 Å². The molecule has 1 heterocycles. The van der Waals surface area contributed by atoms with Gasteiger partial charge >= 0.3 is 0 Å². The van der Waals surface area contributed by atoms with Crippen LogP contribution >= 0.6 is 34.8 Å². The molecule has 0 bridgehead atoms. The maximum Gasteiger partial charge on any atom is 0.242 e. The lowest BCUT2D eigenvalue weighted by Gasteiger charge is -2.26. The van der Waals surface area contributed by atoms with Gasteiger partial charge in [-0.25, -0.2) is 4.98 Å². The Morgan fingerprint density at radius 2 is 1.83 bits per heavy atom. The third kappa shape index (κ3) is 4.00. The summed E-state index contributed by atoms with van der Waals surface area (Å²) in [5.41, 5.74) is 3.07. The van der Waals surface area contributed by atoms with Gasteiger partial charge in [0.2, 0.25) is 5.91 Å². The first kappa shape index (κ1) is 18.1. The van der Waals surface area contributed by atoms with Crippen LogP contribution in [0.15, 0.2) is 18.2 Å². The Balaban J connectivity index is 2.49. The molecule has 2 rings (SSSR count). The monoisotopic (exact) mass is 373 g/mol. The van der Waals surface area contributed by atoms with Gasteiger partial charge in [0.1, 0.15) is 16.9 Å². The molecule has 0 fully saturated rings. The van der Waals surface area contributed by atoms with E-state index in [4.69, 9.17) is 34.8 Å². The van der Waals surface area contributed by atoms with Crippen molar-refractivity contribution < 1.29 is 4.79 Å². The van der Waals surface area contributed by atoms with Crippen LogP contribution in [-0.2, 0) is 24.2 Å². The number of aromatic amines is 1. The number of nitrogens with one attached hydrogen (secondary N) is 1. The van der Waals surface area contributed by atoms with Crippen LogP contribution in [0.25, 0.3) is 0 Å². The predicted octanol–water partition coefficient (Wildman–Crippen LogP) is 4.61. The van der Waals surface area contributed by atoms with Gasteiger partial charge in [-0.3, -0.25) is 4.79 Å². The molecule has 0 aliphatic heterocycles. The van der Waals surface area contributed by atoms with Gasteiger partial charge in [-0.1, -0.05) is 55.2 Å². The molecule has 7 heteroatoms. The van der Waals surface area contributed by atoms with E-state index in [1.54, 1.807) is 4.90 Å². The average molecular weight is 375 g/mol. The van der Waals surface area contributed by atoms with Crippen molar-refractivity contribution in [1.29, 1.82) is 0 Å². The summed E-state index contributed by atoms with van der Waals surface area (Å²) in [5.74, 6) is 0.223. The molecule has 0 spiro atoms. The molecule has 1 aromatic heterocycles. The van der Waals surface area contributed by atoms with Crippen LogP contribution in [0.5, 0.6) is 0 Å². The van der Waals surface area contributed by atoms with E-state index in [1.165, 1.54) is 0 Å². The van der Waals surface area contributed by atoms with Crippen LogP contribution in [0.2, 0.25) is 10.3 Å². The number of hydrogen-bond donors (Lipinski definition) is 1. The lowest BCUT2D eigenvalue weighted by molar-refractivity contribution is -0.116. The highest BCUT2D eigenvalue weighted by Gasteiger charge is 2.22. The number of aryl methyl sites for hydroxylation is 2. The van der Waals surface area contributed by atoms with E-state index in [9.17, 15) is 4.79 Å². The summed E-state index contributed by atoms with van der Waals surface area (Å²) in [5, 5.41) is 0.457. The maximum absolute atomic E-state index is 12.4. The molecule has 124 valence electrons. The Morgan fingerprint density at radius 1 is 1.22 bits per heavy atom. The molecule has 1 aromatic carbocycles. The number of H-pyrrole nitrogens is 1. The van der Waals surface area contributed by atoms with Crippen LogP contribution in [0.1, 0.15) is 30.8 Å². The highest BCUT2D eigenvalue weighted by molar-refractivity contribution is 6.40. The summed E-state index contributed by atoms with van der Waals surface area (Å²) in [4.78, 5) is 21.1. The standard InChI is InChI=1S/C16H18Cl3N3O/c1-3-10-6-5-7-11(4-2)14(10)22(13(23)8-17)9-12-20-15(18)16(19)21-12/h5-7H,3-4,8-9H2,1-2H3,(H,20,21). The zero-order valence-corrected chi connectivity index (χ0v) is 15.3. The molecule has 1 amide bonds. The summed E-state index contributed by atoms with van der Waals surface area (Å²) in [6.45, 7) is 4.35. The molecular weight excluding hydrogens is 357 g/mol. The molecule has 0 atom stereocenters. The summed E-state index contributed by atoms with van der Waals surface area (Å²) in [6, 6.07) is 6.04. The number of rotatable bonds is 6. The maximum atomic E-state index is 12.4. The number of carbonyl (C=O) groups is 1. The van der Waals surface area contributed by atoms with Crippen LogP contribution in [-0.4, -0.2) is 21.8 Å². The van der Waals surface area contributed by atoms with Gasteiger partial charge in [-0.15, -0.1) is 11.6 Å². The van der Waals surface area contributed by atoms with Crippen LogP contribution < -0.4 is 4.90 Å². The number of aromatic nitrogens is 2. The molecule has 0 unspecified atom stereocenters. The van der Waals surface area contributed by atoms with Crippen LogP contribution in [0, 0.1) is 0 Å². The number of alkyl halides is 1. The molecule has 0 aliphatic carbocycles. The molecular formula is C16H18Cl3N3O. The van der Waals surface area contributed by atoms with Crippen molar-refractivity contribution in [3.8, 4) is 0 Å². The number of benzene rings is 1. The quantitative estimate of drug-likeness (QED) is 0.750. The molecule has 0 saturated carbocycles. The van der Waals surface area contributed by atoms with Gasteiger partial charge in [0.25, 0.3) is 0 Å². The number of carbonyl (C=O) groups excluding carboxylic acids is 1. The van der Waals surface area contributed by atoms with Crippen molar-refractivity contribution >= 4 is 46.4 Å². The van der Waals surface area contributed by atoms with Gasteiger partial charge in [-0.2, -0.15) is 0 Å². The van der Waals surface area contributed by atoms with Crippen molar-refractivity contribution in [2.45, 2.75) is 33.2 Å². The largest absolute Gasteiger partial charge is 0.330 e. The predicted molar refractivity (Wildman–Crippen MR) is 95.7 cm³/mol. The second-order valence-electron chi connectivity index (χ2n) is 5.03. The minimum atomic E-state index is -0.189. The van der Waals surface area contributed by atoms with E-state index in [-0.39, 0.29) is 28.6 Å². The zero-order valence-electron chi connectivity index (χ0n) is 13.0. The minimum absolute atomic E-state index is 0.108.